The molecular weight excluding hydrogens is 232 g/mol. The van der Waals surface area contributed by atoms with Crippen molar-refractivity contribution in [3.8, 4) is 0 Å². The summed E-state index contributed by atoms with van der Waals surface area (Å²) in [6, 6.07) is -0.367. The summed E-state index contributed by atoms with van der Waals surface area (Å²) in [5, 5.41) is 9.62. The average molecular weight is 252 g/mol. The van der Waals surface area contributed by atoms with Crippen LogP contribution in [0.4, 0.5) is 0 Å². The minimum absolute atomic E-state index is 0.231. The van der Waals surface area contributed by atoms with Crippen molar-refractivity contribution in [3.63, 3.8) is 0 Å². The second kappa shape index (κ2) is 6.51. The standard InChI is InChI=1S/C9H20N2O4S/c1-15-7-6-10-16(13,14)11-8-4-2-3-5-9(8)12/h8-12H,2-7H2,1H3. The van der Waals surface area contributed by atoms with E-state index in [0.717, 1.165) is 12.8 Å². The van der Waals surface area contributed by atoms with Gasteiger partial charge in [-0.25, -0.2) is 0 Å². The maximum atomic E-state index is 11.5. The molecule has 0 amide bonds. The summed E-state index contributed by atoms with van der Waals surface area (Å²) in [4.78, 5) is 0. The van der Waals surface area contributed by atoms with E-state index in [4.69, 9.17) is 4.74 Å². The third-order valence-electron chi connectivity index (χ3n) is 2.63. The van der Waals surface area contributed by atoms with Crippen molar-refractivity contribution in [1.29, 1.82) is 0 Å². The first-order valence-corrected chi connectivity index (χ1v) is 6.97. The van der Waals surface area contributed by atoms with Gasteiger partial charge in [0.1, 0.15) is 0 Å². The highest BCUT2D eigenvalue weighted by Gasteiger charge is 2.26. The van der Waals surface area contributed by atoms with Crippen molar-refractivity contribution in [3.05, 3.63) is 0 Å². The van der Waals surface area contributed by atoms with Crippen molar-refractivity contribution in [2.45, 2.75) is 37.8 Å². The lowest BCUT2D eigenvalue weighted by Gasteiger charge is -2.28. The molecule has 0 saturated heterocycles. The van der Waals surface area contributed by atoms with Crippen molar-refractivity contribution in [1.82, 2.24) is 9.44 Å². The molecule has 0 bridgehead atoms. The second-order valence-corrected chi connectivity index (χ2v) is 5.50. The van der Waals surface area contributed by atoms with Gasteiger partial charge in [-0.3, -0.25) is 0 Å². The number of aliphatic hydroxyl groups is 1. The van der Waals surface area contributed by atoms with Gasteiger partial charge < -0.3 is 9.84 Å². The van der Waals surface area contributed by atoms with Gasteiger partial charge in [-0.1, -0.05) is 12.8 Å². The molecular formula is C9H20N2O4S. The van der Waals surface area contributed by atoms with E-state index in [9.17, 15) is 13.5 Å². The molecule has 96 valence electrons. The average Bonchev–Trinajstić information content (AvgIpc) is 2.21. The van der Waals surface area contributed by atoms with E-state index >= 15 is 0 Å². The minimum atomic E-state index is -3.53. The summed E-state index contributed by atoms with van der Waals surface area (Å²) in [6.07, 6.45) is 2.67. The molecule has 1 aliphatic carbocycles. The Hall–Kier alpha value is -0.210. The number of ether oxygens (including phenoxy) is 1. The fourth-order valence-corrected chi connectivity index (χ4v) is 2.88. The molecule has 1 rings (SSSR count). The summed E-state index contributed by atoms with van der Waals surface area (Å²) < 4.78 is 32.6. The quantitative estimate of drug-likeness (QED) is 0.549. The van der Waals surface area contributed by atoms with E-state index in [1.807, 2.05) is 0 Å². The number of aliphatic hydroxyl groups excluding tert-OH is 1. The zero-order valence-corrected chi connectivity index (χ0v) is 10.3. The maximum absolute atomic E-state index is 11.5. The normalized spacial score (nSPS) is 26.9. The van der Waals surface area contributed by atoms with Crippen molar-refractivity contribution in [2.75, 3.05) is 20.3 Å². The largest absolute Gasteiger partial charge is 0.391 e. The first kappa shape index (κ1) is 13.9. The van der Waals surface area contributed by atoms with Crippen molar-refractivity contribution in [2.24, 2.45) is 0 Å². The summed E-state index contributed by atoms with van der Waals surface area (Å²) in [6.45, 7) is 0.558. The molecule has 0 spiro atoms. The fraction of sp³-hybridized carbons (Fsp3) is 1.00. The van der Waals surface area contributed by atoms with Gasteiger partial charge in [0.05, 0.1) is 12.7 Å². The zero-order valence-electron chi connectivity index (χ0n) is 9.48. The molecule has 16 heavy (non-hydrogen) atoms. The molecule has 1 saturated carbocycles. The number of hydrogen-bond donors (Lipinski definition) is 3. The van der Waals surface area contributed by atoms with Gasteiger partial charge in [-0.05, 0) is 12.8 Å². The molecule has 0 aromatic carbocycles. The summed E-state index contributed by atoms with van der Waals surface area (Å²) >= 11 is 0. The molecule has 7 heteroatoms. The maximum Gasteiger partial charge on any atom is 0.277 e. The van der Waals surface area contributed by atoms with Crippen LogP contribution in [-0.2, 0) is 14.9 Å². The van der Waals surface area contributed by atoms with Crippen LogP contribution in [-0.4, -0.2) is 45.9 Å². The van der Waals surface area contributed by atoms with Crippen LogP contribution in [0.15, 0.2) is 0 Å². The molecule has 0 aromatic rings. The smallest absolute Gasteiger partial charge is 0.277 e. The Labute approximate surface area is 96.6 Å². The molecule has 0 aromatic heterocycles. The number of methoxy groups -OCH3 is 1. The number of nitrogens with one attached hydrogen (secondary N) is 2. The van der Waals surface area contributed by atoms with Gasteiger partial charge in [-0.15, -0.1) is 0 Å². The summed E-state index contributed by atoms with van der Waals surface area (Å²) in [7, 11) is -2.02. The first-order valence-electron chi connectivity index (χ1n) is 5.49. The van der Waals surface area contributed by atoms with Crippen LogP contribution >= 0.6 is 0 Å². The molecule has 3 N–H and O–H groups in total. The molecule has 2 atom stereocenters. The highest BCUT2D eigenvalue weighted by Crippen LogP contribution is 2.18. The Morgan fingerprint density at radius 2 is 2.06 bits per heavy atom. The van der Waals surface area contributed by atoms with Gasteiger partial charge >= 0.3 is 0 Å². The van der Waals surface area contributed by atoms with E-state index in [-0.39, 0.29) is 12.6 Å². The Bertz CT molecular complexity index is 294. The van der Waals surface area contributed by atoms with Gasteiger partial charge in [0.25, 0.3) is 10.2 Å². The summed E-state index contributed by atoms with van der Waals surface area (Å²) in [5.74, 6) is 0. The zero-order chi connectivity index (χ0) is 12.0. The lowest BCUT2D eigenvalue weighted by molar-refractivity contribution is 0.101. The molecule has 6 nitrogen and oxygen atoms in total. The molecule has 1 aliphatic rings. The van der Waals surface area contributed by atoms with E-state index in [0.29, 0.717) is 19.4 Å². The Morgan fingerprint density at radius 3 is 2.69 bits per heavy atom. The van der Waals surface area contributed by atoms with Gasteiger partial charge in [0.15, 0.2) is 0 Å². The fourth-order valence-electron chi connectivity index (χ4n) is 1.77. The lowest BCUT2D eigenvalue weighted by atomic mass is 9.93. The number of rotatable bonds is 6. The molecule has 0 aliphatic heterocycles. The third-order valence-corrected chi connectivity index (χ3v) is 3.83. The van der Waals surface area contributed by atoms with E-state index in [2.05, 4.69) is 9.44 Å². The van der Waals surface area contributed by atoms with Gasteiger partial charge in [0, 0.05) is 19.7 Å². The van der Waals surface area contributed by atoms with E-state index in [1.54, 1.807) is 0 Å². The Balaban J connectivity index is 2.38. The molecule has 1 fully saturated rings. The van der Waals surface area contributed by atoms with Crippen molar-refractivity contribution < 1.29 is 18.3 Å². The van der Waals surface area contributed by atoms with Gasteiger partial charge in [-0.2, -0.15) is 17.9 Å². The predicted octanol–water partition coefficient (Wildman–Crippen LogP) is -0.640. The molecule has 0 heterocycles. The second-order valence-electron chi connectivity index (χ2n) is 3.97. The van der Waals surface area contributed by atoms with Crippen molar-refractivity contribution >= 4 is 10.2 Å². The van der Waals surface area contributed by atoms with Crippen LogP contribution in [0.1, 0.15) is 25.7 Å². The monoisotopic (exact) mass is 252 g/mol. The predicted molar refractivity (Wildman–Crippen MR) is 60.2 cm³/mol. The van der Waals surface area contributed by atoms with E-state index in [1.165, 1.54) is 7.11 Å². The van der Waals surface area contributed by atoms with Crippen LogP contribution in [0.2, 0.25) is 0 Å². The number of hydrogen-bond acceptors (Lipinski definition) is 4. The minimum Gasteiger partial charge on any atom is -0.391 e. The van der Waals surface area contributed by atoms with Crippen LogP contribution in [0.5, 0.6) is 0 Å². The highest BCUT2D eigenvalue weighted by atomic mass is 32.2. The Kier molecular flexibility index (Phi) is 5.63. The van der Waals surface area contributed by atoms with Crippen LogP contribution in [0.25, 0.3) is 0 Å². The van der Waals surface area contributed by atoms with Gasteiger partial charge in [0.2, 0.25) is 0 Å². The topological polar surface area (TPSA) is 87.7 Å². The lowest BCUT2D eigenvalue weighted by Crippen LogP contribution is -2.49. The first-order chi connectivity index (χ1) is 7.55. The van der Waals surface area contributed by atoms with Crippen LogP contribution < -0.4 is 9.44 Å². The molecule has 0 radical (unpaired) electrons. The van der Waals surface area contributed by atoms with E-state index < -0.39 is 16.3 Å². The summed E-state index contributed by atoms with van der Waals surface area (Å²) in [5.41, 5.74) is 0. The van der Waals surface area contributed by atoms with Crippen LogP contribution in [0.3, 0.4) is 0 Å². The highest BCUT2D eigenvalue weighted by molar-refractivity contribution is 7.87. The molecule has 2 unspecified atom stereocenters. The van der Waals surface area contributed by atoms with Crippen LogP contribution in [0, 0.1) is 0 Å². The third kappa shape index (κ3) is 4.75. The SMILES string of the molecule is COCCNS(=O)(=O)NC1CCCCC1O. The Morgan fingerprint density at radius 1 is 1.38 bits per heavy atom.